The summed E-state index contributed by atoms with van der Waals surface area (Å²) in [6, 6.07) is 5.26. The highest BCUT2D eigenvalue weighted by atomic mass is 19.1. The number of aromatic nitrogens is 2. The number of nitrogens with one attached hydrogen (secondary N) is 2. The molecule has 1 saturated heterocycles. The Kier molecular flexibility index (Phi) is 10.6. The Labute approximate surface area is 264 Å². The van der Waals surface area contributed by atoms with Gasteiger partial charge in [-0.1, -0.05) is 32.0 Å². The number of rotatable bonds is 11. The summed E-state index contributed by atoms with van der Waals surface area (Å²) in [6.45, 7) is 7.04. The van der Waals surface area contributed by atoms with E-state index in [9.17, 15) is 14.4 Å². The van der Waals surface area contributed by atoms with Crippen molar-refractivity contribution in [1.29, 1.82) is 0 Å². The Morgan fingerprint density at radius 2 is 1.91 bits per heavy atom. The van der Waals surface area contributed by atoms with Crippen molar-refractivity contribution in [3.05, 3.63) is 35.4 Å². The topological polar surface area (TPSA) is 153 Å². The van der Waals surface area contributed by atoms with E-state index in [1.807, 2.05) is 19.9 Å². The van der Waals surface area contributed by atoms with Crippen LogP contribution in [0.4, 0.5) is 10.4 Å². The summed E-state index contributed by atoms with van der Waals surface area (Å²) in [4.78, 5) is 42.8. The molecule has 2 aromatic rings. The van der Waals surface area contributed by atoms with Gasteiger partial charge in [-0.3, -0.25) is 14.4 Å². The zero-order valence-corrected chi connectivity index (χ0v) is 26.6. The molecule has 3 aliphatic rings. The van der Waals surface area contributed by atoms with Crippen molar-refractivity contribution < 1.29 is 28.0 Å². The average Bonchev–Trinajstić information content (AvgIpc) is 3.71. The third-order valence-corrected chi connectivity index (χ3v) is 9.89. The summed E-state index contributed by atoms with van der Waals surface area (Å²) in [5.41, 5.74) is 6.32. The van der Waals surface area contributed by atoms with Crippen molar-refractivity contribution >= 4 is 23.7 Å². The molecule has 11 nitrogen and oxygen atoms in total. The highest BCUT2D eigenvalue weighted by molar-refractivity contribution is 5.90. The maximum absolute atomic E-state index is 15.1. The summed E-state index contributed by atoms with van der Waals surface area (Å²) in [5.74, 6) is 0.513. The number of amides is 3. The lowest BCUT2D eigenvalue weighted by Crippen LogP contribution is -2.48. The largest absolute Gasteiger partial charge is 0.490 e. The van der Waals surface area contributed by atoms with E-state index in [2.05, 4.69) is 27.7 Å². The van der Waals surface area contributed by atoms with E-state index < -0.39 is 11.9 Å². The van der Waals surface area contributed by atoms with Gasteiger partial charge >= 0.3 is 6.01 Å². The molecule has 3 fully saturated rings. The fourth-order valence-corrected chi connectivity index (χ4v) is 7.00. The Hall–Kier alpha value is -3.70. The fraction of sp³-hybridized carbons (Fsp3) is 0.667. The van der Waals surface area contributed by atoms with Gasteiger partial charge in [-0.2, -0.15) is 4.98 Å². The van der Waals surface area contributed by atoms with Gasteiger partial charge in [-0.05, 0) is 93.2 Å². The van der Waals surface area contributed by atoms with Crippen LogP contribution in [0.25, 0.3) is 0 Å². The van der Waals surface area contributed by atoms with Crippen LogP contribution in [0, 0.1) is 23.6 Å². The molecule has 4 atom stereocenters. The first-order chi connectivity index (χ1) is 21.6. The zero-order valence-electron chi connectivity index (χ0n) is 26.6. The van der Waals surface area contributed by atoms with Crippen LogP contribution in [0.15, 0.2) is 22.7 Å². The first-order valence-electron chi connectivity index (χ1n) is 16.5. The van der Waals surface area contributed by atoms with Crippen molar-refractivity contribution in [1.82, 2.24) is 20.4 Å². The van der Waals surface area contributed by atoms with E-state index >= 15 is 4.39 Å². The lowest BCUT2D eigenvalue weighted by Gasteiger charge is -2.34. The molecule has 246 valence electrons. The van der Waals surface area contributed by atoms with E-state index in [1.54, 1.807) is 12.1 Å². The maximum atomic E-state index is 15.1. The zero-order chi connectivity index (χ0) is 32.1. The number of nitrogens with zero attached hydrogens (tertiary/aromatic N) is 3. The third kappa shape index (κ3) is 8.12. The van der Waals surface area contributed by atoms with Gasteiger partial charge in [-0.25, -0.2) is 4.39 Å². The fourth-order valence-electron chi connectivity index (χ4n) is 7.00. The highest BCUT2D eigenvalue weighted by Gasteiger charge is 2.34. The second-order valence-corrected chi connectivity index (χ2v) is 13.4. The molecule has 1 aromatic heterocycles. The van der Waals surface area contributed by atoms with E-state index in [0.717, 1.165) is 44.1 Å². The number of benzene rings is 1. The number of nitrogens with two attached hydrogens (primary N) is 1. The molecule has 1 unspecified atom stereocenters. The third-order valence-electron chi connectivity index (χ3n) is 9.89. The predicted octanol–water partition coefficient (Wildman–Crippen LogP) is 4.49. The molecule has 0 bridgehead atoms. The number of carbonyl (C=O) groups excluding carboxylic acids is 3. The molecular formula is C33H47FN6O5. The normalized spacial score (nSPS) is 26.9. The Balaban J connectivity index is 1.06. The number of likely N-dealkylation sites (tertiary alicyclic amines) is 1. The molecule has 2 saturated carbocycles. The Morgan fingerprint density at radius 3 is 2.60 bits per heavy atom. The second-order valence-electron chi connectivity index (χ2n) is 13.4. The van der Waals surface area contributed by atoms with E-state index in [4.69, 9.17) is 15.0 Å². The van der Waals surface area contributed by atoms with Gasteiger partial charge in [0.15, 0.2) is 17.4 Å². The van der Waals surface area contributed by atoms with Crippen LogP contribution in [0.5, 0.6) is 5.75 Å². The number of primary amides is 1. The molecule has 5 rings (SSSR count). The summed E-state index contributed by atoms with van der Waals surface area (Å²) < 4.78 is 26.5. The SMILES string of the molecule is CC(C)c1noc(N[C@@H]2CC(COc3ccc(C4CCC(C(=O)NCC(=O)N5CCC[C@@H]5C(N)=O)CC4)cc3F)CC[C@H]2C)n1. The minimum absolute atomic E-state index is 0.135. The monoisotopic (exact) mass is 626 g/mol. The van der Waals surface area contributed by atoms with Crippen LogP contribution in [0.2, 0.25) is 0 Å². The average molecular weight is 627 g/mol. The van der Waals surface area contributed by atoms with E-state index in [1.165, 1.54) is 4.90 Å². The number of anilines is 1. The van der Waals surface area contributed by atoms with Crippen LogP contribution in [0.1, 0.15) is 102 Å². The lowest BCUT2D eigenvalue weighted by molar-refractivity contribution is -0.138. The van der Waals surface area contributed by atoms with Gasteiger partial charge in [-0.15, -0.1) is 0 Å². The van der Waals surface area contributed by atoms with Crippen LogP contribution < -0.4 is 21.1 Å². The second kappa shape index (κ2) is 14.6. The van der Waals surface area contributed by atoms with Gasteiger partial charge < -0.3 is 30.5 Å². The molecule has 1 aromatic carbocycles. The van der Waals surface area contributed by atoms with Gasteiger partial charge in [0.25, 0.3) is 0 Å². The van der Waals surface area contributed by atoms with Crippen molar-refractivity contribution in [3.8, 4) is 5.75 Å². The van der Waals surface area contributed by atoms with Crippen LogP contribution in [0.3, 0.4) is 0 Å². The molecular weight excluding hydrogens is 579 g/mol. The van der Waals surface area contributed by atoms with Crippen molar-refractivity contribution in [2.24, 2.45) is 23.5 Å². The number of hydrogen-bond acceptors (Lipinski definition) is 8. The summed E-state index contributed by atoms with van der Waals surface area (Å²) in [6.07, 6.45) is 7.05. The standard InChI is InChI=1S/C33H47FN6O5/c1-19(2)31-38-33(45-39-31)37-26-15-21(7-6-20(26)3)18-44-28-13-12-24(16-25(28)34)22-8-10-23(11-9-22)32(43)36-17-29(41)40-14-4-5-27(40)30(35)42/h12-13,16,19-23,26-27H,4-11,14-15,17-18H2,1-3H3,(H2,35,42)(H,36,43)(H,37,38,39)/t20-,21?,22?,23?,26-,27-/m1/s1. The molecule has 0 radical (unpaired) electrons. The van der Waals surface area contributed by atoms with Crippen LogP contribution >= 0.6 is 0 Å². The quantitative estimate of drug-likeness (QED) is 0.330. The number of hydrogen-bond donors (Lipinski definition) is 3. The Bertz CT molecular complexity index is 1340. The van der Waals surface area contributed by atoms with Crippen LogP contribution in [-0.2, 0) is 14.4 Å². The lowest BCUT2D eigenvalue weighted by atomic mass is 9.78. The number of carbonyl (C=O) groups is 3. The van der Waals surface area contributed by atoms with Crippen LogP contribution in [-0.4, -0.2) is 64.5 Å². The minimum atomic E-state index is -0.588. The van der Waals surface area contributed by atoms with Crippen molar-refractivity contribution in [2.75, 3.05) is 25.0 Å². The first kappa shape index (κ1) is 32.7. The predicted molar refractivity (Wildman–Crippen MR) is 166 cm³/mol. The highest BCUT2D eigenvalue weighted by Crippen LogP contribution is 2.38. The molecule has 2 heterocycles. The van der Waals surface area contributed by atoms with Gasteiger partial charge in [0, 0.05) is 24.4 Å². The molecule has 3 amide bonds. The molecule has 2 aliphatic carbocycles. The van der Waals surface area contributed by atoms with Crippen molar-refractivity contribution in [2.45, 2.75) is 102 Å². The number of halogens is 1. The summed E-state index contributed by atoms with van der Waals surface area (Å²) >= 11 is 0. The van der Waals surface area contributed by atoms with Gasteiger partial charge in [0.2, 0.25) is 17.7 Å². The van der Waals surface area contributed by atoms with E-state index in [-0.39, 0.29) is 59.6 Å². The Morgan fingerprint density at radius 1 is 1.13 bits per heavy atom. The van der Waals surface area contributed by atoms with Crippen molar-refractivity contribution in [3.63, 3.8) is 0 Å². The summed E-state index contributed by atoms with van der Waals surface area (Å²) in [7, 11) is 0. The molecule has 0 spiro atoms. The molecule has 4 N–H and O–H groups in total. The summed E-state index contributed by atoms with van der Waals surface area (Å²) in [5, 5.41) is 10.2. The smallest absolute Gasteiger partial charge is 0.321 e. The molecule has 1 aliphatic heterocycles. The van der Waals surface area contributed by atoms with Gasteiger partial charge in [0.1, 0.15) is 6.04 Å². The van der Waals surface area contributed by atoms with Gasteiger partial charge in [0.05, 0.1) is 13.2 Å². The molecule has 12 heteroatoms. The first-order valence-corrected chi connectivity index (χ1v) is 16.5. The maximum Gasteiger partial charge on any atom is 0.321 e. The van der Waals surface area contributed by atoms with E-state index in [0.29, 0.717) is 50.2 Å². The molecule has 45 heavy (non-hydrogen) atoms. The minimum Gasteiger partial charge on any atom is -0.490 e. The number of ether oxygens (including phenoxy) is 1.